The number of para-hydroxylation sites is 1. The van der Waals surface area contributed by atoms with Crippen LogP contribution < -0.4 is 20.5 Å². The maximum absolute atomic E-state index is 11.7. The normalized spacial score (nSPS) is 10.8. The van der Waals surface area contributed by atoms with Gasteiger partial charge in [-0.05, 0) is 32.9 Å². The Morgan fingerprint density at radius 2 is 2.17 bits per heavy atom. The highest BCUT2D eigenvalue weighted by atomic mass is 16.5. The molecule has 1 aromatic heterocycles. The number of aromatic nitrogens is 2. The molecule has 0 bridgehead atoms. The molecule has 2 N–H and O–H groups in total. The van der Waals surface area contributed by atoms with Crippen LogP contribution in [0.5, 0.6) is 11.5 Å². The van der Waals surface area contributed by atoms with Crippen LogP contribution in [0.1, 0.15) is 23.7 Å². The number of nitrogens with one attached hydrogen (secondary N) is 2. The van der Waals surface area contributed by atoms with Crippen molar-refractivity contribution in [2.24, 2.45) is 5.10 Å². The van der Waals surface area contributed by atoms with Crippen LogP contribution in [0.3, 0.4) is 0 Å². The minimum atomic E-state index is -0.188. The fourth-order valence-electron chi connectivity index (χ4n) is 1.96. The second-order valence-corrected chi connectivity index (χ2v) is 4.81. The van der Waals surface area contributed by atoms with E-state index in [4.69, 9.17) is 9.47 Å². The molecule has 2 aromatic rings. The van der Waals surface area contributed by atoms with E-state index < -0.39 is 0 Å². The summed E-state index contributed by atoms with van der Waals surface area (Å²) >= 11 is 0. The Bertz CT molecular complexity index is 768. The van der Waals surface area contributed by atoms with E-state index in [1.54, 1.807) is 27.2 Å². The molecule has 0 unspecified atom stereocenters. The van der Waals surface area contributed by atoms with E-state index in [0.717, 1.165) is 5.56 Å². The van der Waals surface area contributed by atoms with Crippen LogP contribution in [0.25, 0.3) is 0 Å². The minimum absolute atomic E-state index is 0.188. The summed E-state index contributed by atoms with van der Waals surface area (Å²) in [6.45, 7) is 5.91. The average molecular weight is 316 g/mol. The lowest BCUT2D eigenvalue weighted by Crippen LogP contribution is -2.15. The Kier molecular flexibility index (Phi) is 5.35. The van der Waals surface area contributed by atoms with Crippen molar-refractivity contribution in [1.82, 2.24) is 9.97 Å². The number of methoxy groups -OCH3 is 1. The van der Waals surface area contributed by atoms with Gasteiger partial charge in [0.15, 0.2) is 11.5 Å². The highest BCUT2D eigenvalue weighted by Gasteiger charge is 2.08. The van der Waals surface area contributed by atoms with E-state index in [-0.39, 0.29) is 11.5 Å². The number of benzene rings is 1. The highest BCUT2D eigenvalue weighted by Crippen LogP contribution is 2.29. The van der Waals surface area contributed by atoms with E-state index in [0.29, 0.717) is 29.4 Å². The second-order valence-electron chi connectivity index (χ2n) is 4.81. The Balaban J connectivity index is 2.22. The summed E-state index contributed by atoms with van der Waals surface area (Å²) in [5.74, 6) is 1.54. The third-order valence-electron chi connectivity index (χ3n) is 3.29. The van der Waals surface area contributed by atoms with Crippen LogP contribution >= 0.6 is 0 Å². The van der Waals surface area contributed by atoms with Crippen LogP contribution in [-0.2, 0) is 0 Å². The van der Waals surface area contributed by atoms with Gasteiger partial charge in [-0.25, -0.2) is 10.4 Å². The summed E-state index contributed by atoms with van der Waals surface area (Å²) in [7, 11) is 1.58. The van der Waals surface area contributed by atoms with Gasteiger partial charge in [0, 0.05) is 16.8 Å². The number of anilines is 1. The van der Waals surface area contributed by atoms with E-state index in [2.05, 4.69) is 20.5 Å². The standard InChI is InChI=1S/C16H20N4O3/c1-5-23-14-12(7-6-8-13(14)22-4)9-17-20-16-18-11(3)10(2)15(21)19-16/h6-9H,5H2,1-4H3,(H2,18,19,20,21)/b17-9-. The summed E-state index contributed by atoms with van der Waals surface area (Å²) in [6.07, 6.45) is 1.59. The van der Waals surface area contributed by atoms with E-state index in [9.17, 15) is 4.79 Å². The van der Waals surface area contributed by atoms with Gasteiger partial charge in [-0.3, -0.25) is 9.78 Å². The molecule has 7 nitrogen and oxygen atoms in total. The monoisotopic (exact) mass is 316 g/mol. The molecule has 0 saturated heterocycles. The molecule has 0 fully saturated rings. The quantitative estimate of drug-likeness (QED) is 0.630. The molecule has 0 amide bonds. The number of nitrogens with zero attached hydrogens (tertiary/aromatic N) is 2. The summed E-state index contributed by atoms with van der Waals surface area (Å²) in [5.41, 5.74) is 4.53. The van der Waals surface area contributed by atoms with Crippen LogP contribution in [-0.4, -0.2) is 29.9 Å². The van der Waals surface area contributed by atoms with Gasteiger partial charge in [0.2, 0.25) is 5.95 Å². The molecule has 2 rings (SSSR count). The lowest BCUT2D eigenvalue weighted by Gasteiger charge is -2.11. The first-order valence-electron chi connectivity index (χ1n) is 7.23. The van der Waals surface area contributed by atoms with Crippen molar-refractivity contribution in [2.75, 3.05) is 19.1 Å². The number of ether oxygens (including phenoxy) is 2. The molecule has 0 aliphatic carbocycles. The van der Waals surface area contributed by atoms with Crippen molar-refractivity contribution >= 4 is 12.2 Å². The Hall–Kier alpha value is -2.83. The fraction of sp³-hybridized carbons (Fsp3) is 0.312. The molecule has 0 aliphatic heterocycles. The minimum Gasteiger partial charge on any atom is -0.493 e. The molecular weight excluding hydrogens is 296 g/mol. The van der Waals surface area contributed by atoms with Crippen LogP contribution in [0.15, 0.2) is 28.1 Å². The number of aryl methyl sites for hydroxylation is 1. The van der Waals surface area contributed by atoms with Crippen LogP contribution in [0.2, 0.25) is 0 Å². The van der Waals surface area contributed by atoms with Crippen molar-refractivity contribution in [3.8, 4) is 11.5 Å². The Morgan fingerprint density at radius 1 is 1.39 bits per heavy atom. The highest BCUT2D eigenvalue weighted by molar-refractivity contribution is 5.85. The number of hydrazone groups is 1. The molecule has 1 aromatic carbocycles. The van der Waals surface area contributed by atoms with Crippen LogP contribution in [0.4, 0.5) is 5.95 Å². The molecule has 23 heavy (non-hydrogen) atoms. The maximum Gasteiger partial charge on any atom is 0.255 e. The van der Waals surface area contributed by atoms with Crippen molar-refractivity contribution in [2.45, 2.75) is 20.8 Å². The van der Waals surface area contributed by atoms with Gasteiger partial charge in [0.1, 0.15) is 0 Å². The van der Waals surface area contributed by atoms with Gasteiger partial charge in [0.25, 0.3) is 5.56 Å². The van der Waals surface area contributed by atoms with Gasteiger partial charge in [0.05, 0.1) is 19.9 Å². The zero-order valence-corrected chi connectivity index (χ0v) is 13.6. The number of aromatic amines is 1. The molecule has 0 aliphatic rings. The topological polar surface area (TPSA) is 88.6 Å². The van der Waals surface area contributed by atoms with Gasteiger partial charge in [-0.2, -0.15) is 5.10 Å². The molecule has 0 saturated carbocycles. The maximum atomic E-state index is 11.7. The second kappa shape index (κ2) is 7.44. The number of H-pyrrole nitrogens is 1. The summed E-state index contributed by atoms with van der Waals surface area (Å²) in [5, 5.41) is 4.10. The van der Waals surface area contributed by atoms with Gasteiger partial charge in [-0.1, -0.05) is 6.07 Å². The van der Waals surface area contributed by atoms with Gasteiger partial charge >= 0.3 is 0 Å². The van der Waals surface area contributed by atoms with E-state index in [1.165, 1.54) is 0 Å². The molecule has 0 radical (unpaired) electrons. The van der Waals surface area contributed by atoms with E-state index >= 15 is 0 Å². The first-order valence-corrected chi connectivity index (χ1v) is 7.23. The fourth-order valence-corrected chi connectivity index (χ4v) is 1.96. The van der Waals surface area contributed by atoms with Crippen molar-refractivity contribution < 1.29 is 9.47 Å². The molecule has 122 valence electrons. The van der Waals surface area contributed by atoms with Crippen LogP contribution in [0, 0.1) is 13.8 Å². The van der Waals surface area contributed by atoms with Crippen molar-refractivity contribution in [3.05, 3.63) is 45.4 Å². The zero-order valence-electron chi connectivity index (χ0n) is 13.6. The first kappa shape index (κ1) is 16.5. The smallest absolute Gasteiger partial charge is 0.255 e. The summed E-state index contributed by atoms with van der Waals surface area (Å²) < 4.78 is 10.9. The number of hydrogen-bond donors (Lipinski definition) is 2. The van der Waals surface area contributed by atoms with Crippen molar-refractivity contribution in [3.63, 3.8) is 0 Å². The summed E-state index contributed by atoms with van der Waals surface area (Å²) in [4.78, 5) is 18.5. The predicted molar refractivity (Wildman–Crippen MR) is 89.7 cm³/mol. The number of rotatable bonds is 6. The summed E-state index contributed by atoms with van der Waals surface area (Å²) in [6, 6.07) is 5.52. The lowest BCUT2D eigenvalue weighted by molar-refractivity contribution is 0.310. The van der Waals surface area contributed by atoms with E-state index in [1.807, 2.05) is 25.1 Å². The van der Waals surface area contributed by atoms with Crippen molar-refractivity contribution in [1.29, 1.82) is 0 Å². The lowest BCUT2D eigenvalue weighted by atomic mass is 10.2. The Morgan fingerprint density at radius 3 is 2.83 bits per heavy atom. The molecule has 0 spiro atoms. The zero-order chi connectivity index (χ0) is 16.8. The molecule has 0 atom stereocenters. The molecular formula is C16H20N4O3. The van der Waals surface area contributed by atoms with Gasteiger partial charge in [-0.15, -0.1) is 0 Å². The number of hydrogen-bond acceptors (Lipinski definition) is 6. The third-order valence-corrected chi connectivity index (χ3v) is 3.29. The molecule has 7 heteroatoms. The average Bonchev–Trinajstić information content (AvgIpc) is 2.54. The SMILES string of the molecule is CCOc1c(/C=N\Nc2nc(C)c(C)c(=O)[nH]2)cccc1OC. The first-order chi connectivity index (χ1) is 11.1. The van der Waals surface area contributed by atoms with Gasteiger partial charge < -0.3 is 9.47 Å². The largest absolute Gasteiger partial charge is 0.493 e. The third kappa shape index (κ3) is 3.88. The predicted octanol–water partition coefficient (Wildman–Crippen LogP) is 2.24. The Labute approximate surface area is 134 Å². The molecule has 1 heterocycles.